The Morgan fingerprint density at radius 3 is 2.70 bits per heavy atom. The molecule has 2 aliphatic rings. The zero-order chi connectivity index (χ0) is 16.2. The van der Waals surface area contributed by atoms with Gasteiger partial charge in [0.25, 0.3) is 11.8 Å². The normalized spacial score (nSPS) is 21.7. The summed E-state index contributed by atoms with van der Waals surface area (Å²) in [5.41, 5.74) is 0.539. The molecule has 23 heavy (non-hydrogen) atoms. The highest BCUT2D eigenvalue weighted by Crippen LogP contribution is 2.18. The van der Waals surface area contributed by atoms with Crippen LogP contribution in [0.3, 0.4) is 0 Å². The lowest BCUT2D eigenvalue weighted by Gasteiger charge is -2.35. The van der Waals surface area contributed by atoms with E-state index in [0.717, 1.165) is 30.7 Å². The number of thiazole rings is 1. The first kappa shape index (κ1) is 16.4. The minimum atomic E-state index is -0.271. The molecular weight excluding hydrogens is 314 g/mol. The van der Waals surface area contributed by atoms with Gasteiger partial charge in [0.05, 0.1) is 5.01 Å². The number of piperazine rings is 1. The average molecular weight is 337 g/mol. The Balaban J connectivity index is 1.53. The van der Waals surface area contributed by atoms with Crippen molar-refractivity contribution in [2.75, 3.05) is 32.8 Å². The number of hydrogen-bond donors (Lipinski definition) is 0. The number of aryl methyl sites for hydroxylation is 1. The lowest BCUT2D eigenvalue weighted by Crippen LogP contribution is -2.52. The molecule has 0 aromatic carbocycles. The minimum absolute atomic E-state index is 0.0205. The fourth-order valence-electron chi connectivity index (χ4n) is 3.01. The van der Waals surface area contributed by atoms with Gasteiger partial charge in [0, 0.05) is 38.2 Å². The van der Waals surface area contributed by atoms with Crippen LogP contribution in [-0.4, -0.2) is 65.5 Å². The second-order valence-electron chi connectivity index (χ2n) is 6.00. The molecule has 2 aliphatic heterocycles. The quantitative estimate of drug-likeness (QED) is 0.836. The van der Waals surface area contributed by atoms with Crippen LogP contribution in [0, 0.1) is 0 Å². The van der Waals surface area contributed by atoms with Crippen LogP contribution in [0.15, 0.2) is 5.38 Å². The van der Waals surface area contributed by atoms with E-state index in [0.29, 0.717) is 38.5 Å². The van der Waals surface area contributed by atoms with Crippen LogP contribution >= 0.6 is 11.3 Å². The molecule has 1 atom stereocenters. The fraction of sp³-hybridized carbons (Fsp3) is 0.688. The third kappa shape index (κ3) is 3.72. The summed E-state index contributed by atoms with van der Waals surface area (Å²) < 4.78 is 5.46. The molecule has 0 saturated carbocycles. The van der Waals surface area contributed by atoms with E-state index in [1.54, 1.807) is 16.2 Å². The van der Waals surface area contributed by atoms with Crippen LogP contribution in [0.1, 0.15) is 41.7 Å². The predicted molar refractivity (Wildman–Crippen MR) is 87.6 cm³/mol. The van der Waals surface area contributed by atoms with Gasteiger partial charge in [-0.15, -0.1) is 11.3 Å². The SMILES string of the molecule is CCCc1nc(C(=O)N2CCN(C(=O)[C@@H]3CCCO3)CC2)cs1. The van der Waals surface area contributed by atoms with Gasteiger partial charge >= 0.3 is 0 Å². The molecule has 2 fully saturated rings. The number of amides is 2. The summed E-state index contributed by atoms with van der Waals surface area (Å²) in [6.07, 6.45) is 3.45. The van der Waals surface area contributed by atoms with Gasteiger partial charge in [-0.2, -0.15) is 0 Å². The Labute approximate surface area is 140 Å². The first-order valence-electron chi connectivity index (χ1n) is 8.33. The Morgan fingerprint density at radius 1 is 1.30 bits per heavy atom. The summed E-state index contributed by atoms with van der Waals surface area (Å²) in [7, 11) is 0. The van der Waals surface area contributed by atoms with Crippen molar-refractivity contribution < 1.29 is 14.3 Å². The van der Waals surface area contributed by atoms with Crippen LogP contribution in [0.2, 0.25) is 0 Å². The highest BCUT2D eigenvalue weighted by atomic mass is 32.1. The van der Waals surface area contributed by atoms with Crippen LogP contribution < -0.4 is 0 Å². The van der Waals surface area contributed by atoms with Crippen molar-refractivity contribution >= 4 is 23.2 Å². The van der Waals surface area contributed by atoms with Crippen molar-refractivity contribution in [2.24, 2.45) is 0 Å². The van der Waals surface area contributed by atoms with E-state index in [4.69, 9.17) is 4.74 Å². The average Bonchev–Trinajstić information content (AvgIpc) is 3.26. The van der Waals surface area contributed by atoms with Crippen molar-refractivity contribution in [2.45, 2.75) is 38.7 Å². The van der Waals surface area contributed by atoms with E-state index >= 15 is 0 Å². The topological polar surface area (TPSA) is 62.7 Å². The number of aromatic nitrogens is 1. The van der Waals surface area contributed by atoms with Gasteiger partial charge in [-0.1, -0.05) is 6.92 Å². The Bertz CT molecular complexity index is 561. The van der Waals surface area contributed by atoms with E-state index in [2.05, 4.69) is 11.9 Å². The molecule has 0 spiro atoms. The highest BCUT2D eigenvalue weighted by Gasteiger charge is 2.31. The molecule has 126 valence electrons. The Kier molecular flexibility index (Phi) is 5.27. The number of hydrogen-bond acceptors (Lipinski definition) is 5. The number of rotatable bonds is 4. The molecule has 3 rings (SSSR count). The van der Waals surface area contributed by atoms with E-state index in [-0.39, 0.29) is 17.9 Å². The number of nitrogens with zero attached hydrogens (tertiary/aromatic N) is 3. The summed E-state index contributed by atoms with van der Waals surface area (Å²) in [6.45, 7) is 5.08. The van der Waals surface area contributed by atoms with Gasteiger partial charge in [0.15, 0.2) is 0 Å². The molecule has 2 saturated heterocycles. The molecule has 1 aromatic rings. The monoisotopic (exact) mass is 337 g/mol. The Hall–Kier alpha value is -1.47. The molecule has 7 heteroatoms. The van der Waals surface area contributed by atoms with Crippen molar-refractivity contribution in [3.05, 3.63) is 16.1 Å². The van der Waals surface area contributed by atoms with Gasteiger partial charge in [0.1, 0.15) is 11.8 Å². The number of carbonyl (C=O) groups excluding carboxylic acids is 2. The zero-order valence-corrected chi connectivity index (χ0v) is 14.3. The molecule has 1 aromatic heterocycles. The maximum Gasteiger partial charge on any atom is 0.273 e. The maximum absolute atomic E-state index is 12.5. The third-order valence-electron chi connectivity index (χ3n) is 4.32. The fourth-order valence-corrected chi connectivity index (χ4v) is 3.88. The molecular formula is C16H23N3O3S. The second kappa shape index (κ2) is 7.40. The molecule has 0 N–H and O–H groups in total. The standard InChI is InChI=1S/C16H23N3O3S/c1-2-4-14-17-12(11-23-14)15(20)18-6-8-19(9-7-18)16(21)13-5-3-10-22-13/h11,13H,2-10H2,1H3/t13-/m0/s1. The lowest BCUT2D eigenvalue weighted by molar-refractivity contribution is -0.142. The molecule has 3 heterocycles. The van der Waals surface area contributed by atoms with Crippen molar-refractivity contribution in [3.8, 4) is 0 Å². The maximum atomic E-state index is 12.5. The first-order valence-corrected chi connectivity index (χ1v) is 9.21. The second-order valence-corrected chi connectivity index (χ2v) is 6.94. The van der Waals surface area contributed by atoms with Crippen molar-refractivity contribution in [1.82, 2.24) is 14.8 Å². The predicted octanol–water partition coefficient (Wildman–Crippen LogP) is 1.56. The number of carbonyl (C=O) groups is 2. The van der Waals surface area contributed by atoms with E-state index in [1.807, 2.05) is 10.3 Å². The molecule has 2 amide bonds. The van der Waals surface area contributed by atoms with Gasteiger partial charge in [-0.3, -0.25) is 9.59 Å². The van der Waals surface area contributed by atoms with E-state index in [9.17, 15) is 9.59 Å². The van der Waals surface area contributed by atoms with Gasteiger partial charge in [0.2, 0.25) is 0 Å². The van der Waals surface area contributed by atoms with Crippen LogP contribution in [0.25, 0.3) is 0 Å². The van der Waals surface area contributed by atoms with E-state index in [1.165, 1.54) is 0 Å². The summed E-state index contributed by atoms with van der Waals surface area (Å²) >= 11 is 1.55. The lowest BCUT2D eigenvalue weighted by atomic mass is 10.2. The summed E-state index contributed by atoms with van der Waals surface area (Å²) in [5, 5.41) is 2.86. The molecule has 6 nitrogen and oxygen atoms in total. The smallest absolute Gasteiger partial charge is 0.273 e. The van der Waals surface area contributed by atoms with Gasteiger partial charge in [-0.05, 0) is 25.7 Å². The van der Waals surface area contributed by atoms with Crippen molar-refractivity contribution in [3.63, 3.8) is 0 Å². The first-order chi connectivity index (χ1) is 11.2. The minimum Gasteiger partial charge on any atom is -0.368 e. The third-order valence-corrected chi connectivity index (χ3v) is 5.23. The van der Waals surface area contributed by atoms with Crippen LogP contribution in [-0.2, 0) is 16.0 Å². The van der Waals surface area contributed by atoms with Crippen molar-refractivity contribution in [1.29, 1.82) is 0 Å². The number of ether oxygens (including phenoxy) is 1. The van der Waals surface area contributed by atoms with Gasteiger partial charge in [-0.25, -0.2) is 4.98 Å². The largest absolute Gasteiger partial charge is 0.368 e. The zero-order valence-electron chi connectivity index (χ0n) is 13.5. The van der Waals surface area contributed by atoms with Crippen LogP contribution in [0.4, 0.5) is 0 Å². The summed E-state index contributed by atoms with van der Waals surface area (Å²) in [6, 6.07) is 0. The highest BCUT2D eigenvalue weighted by molar-refractivity contribution is 7.09. The summed E-state index contributed by atoms with van der Waals surface area (Å²) in [5.74, 6) is 0.0568. The summed E-state index contributed by atoms with van der Waals surface area (Å²) in [4.78, 5) is 32.8. The van der Waals surface area contributed by atoms with E-state index < -0.39 is 0 Å². The van der Waals surface area contributed by atoms with Gasteiger partial charge < -0.3 is 14.5 Å². The molecule has 0 radical (unpaired) electrons. The Morgan fingerprint density at radius 2 is 2.04 bits per heavy atom. The molecule has 0 aliphatic carbocycles. The van der Waals surface area contributed by atoms with Crippen LogP contribution in [0.5, 0.6) is 0 Å². The molecule has 0 unspecified atom stereocenters. The molecule has 0 bridgehead atoms.